The van der Waals surface area contributed by atoms with Crippen molar-refractivity contribution in [2.45, 2.75) is 18.3 Å². The highest BCUT2D eigenvalue weighted by atomic mass is 35.5. The van der Waals surface area contributed by atoms with Crippen LogP contribution in [0.25, 0.3) is 0 Å². The monoisotopic (exact) mass is 323 g/mol. The molecule has 0 spiro atoms. The summed E-state index contributed by atoms with van der Waals surface area (Å²) in [6.45, 7) is 1.81. The van der Waals surface area contributed by atoms with E-state index in [9.17, 15) is 4.39 Å². The normalized spacial score (nSPS) is 22.2. The third kappa shape index (κ3) is 3.23. The average Bonchev–Trinajstić information content (AvgIpc) is 2.50. The van der Waals surface area contributed by atoms with E-state index in [1.165, 1.54) is 5.56 Å². The largest absolute Gasteiger partial charge is 0.316 e. The van der Waals surface area contributed by atoms with Crippen LogP contribution in [0.15, 0.2) is 42.5 Å². The number of benzene rings is 2. The number of nitrogens with one attached hydrogen (secondary N) is 1. The summed E-state index contributed by atoms with van der Waals surface area (Å²) < 4.78 is 13.8. The molecule has 21 heavy (non-hydrogen) atoms. The standard InChI is InChI=1S/C17H16Cl2FN/c18-13-3-1-2-11(8-13)15-10-21-7-6-14(15)12-4-5-16(19)17(20)9-12/h1-5,8-9,14-15,21H,6-7,10H2. The van der Waals surface area contributed by atoms with Crippen molar-refractivity contribution >= 4 is 23.2 Å². The van der Waals surface area contributed by atoms with Crippen LogP contribution in [-0.4, -0.2) is 13.1 Å². The molecule has 0 radical (unpaired) electrons. The van der Waals surface area contributed by atoms with E-state index in [4.69, 9.17) is 23.2 Å². The van der Waals surface area contributed by atoms with E-state index in [1.807, 2.05) is 24.3 Å². The Labute approximate surface area is 134 Å². The van der Waals surface area contributed by atoms with Gasteiger partial charge in [0, 0.05) is 17.5 Å². The molecule has 0 aliphatic carbocycles. The highest BCUT2D eigenvalue weighted by Crippen LogP contribution is 2.38. The molecular formula is C17H16Cl2FN. The van der Waals surface area contributed by atoms with E-state index >= 15 is 0 Å². The van der Waals surface area contributed by atoms with Crippen LogP contribution in [0.5, 0.6) is 0 Å². The minimum atomic E-state index is -0.349. The van der Waals surface area contributed by atoms with Gasteiger partial charge in [0.2, 0.25) is 0 Å². The summed E-state index contributed by atoms with van der Waals surface area (Å²) in [5, 5.41) is 4.32. The molecule has 1 saturated heterocycles. The quantitative estimate of drug-likeness (QED) is 0.820. The number of hydrogen-bond acceptors (Lipinski definition) is 1. The fourth-order valence-electron chi connectivity index (χ4n) is 3.09. The summed E-state index contributed by atoms with van der Waals surface area (Å²) in [6, 6.07) is 13.1. The minimum absolute atomic E-state index is 0.173. The van der Waals surface area contributed by atoms with Crippen LogP contribution in [0.1, 0.15) is 29.4 Å². The van der Waals surface area contributed by atoms with E-state index in [0.29, 0.717) is 0 Å². The molecule has 0 aromatic heterocycles. The molecule has 0 saturated carbocycles. The molecule has 1 heterocycles. The zero-order valence-electron chi connectivity index (χ0n) is 11.5. The molecule has 1 fully saturated rings. The van der Waals surface area contributed by atoms with Gasteiger partial charge in [-0.15, -0.1) is 0 Å². The molecule has 1 N–H and O–H groups in total. The van der Waals surface area contributed by atoms with Gasteiger partial charge in [0.25, 0.3) is 0 Å². The lowest BCUT2D eigenvalue weighted by Gasteiger charge is -2.33. The van der Waals surface area contributed by atoms with Gasteiger partial charge in [0.05, 0.1) is 5.02 Å². The molecule has 1 aliphatic heterocycles. The third-order valence-corrected chi connectivity index (χ3v) is 4.67. The summed E-state index contributed by atoms with van der Waals surface area (Å²) in [5.41, 5.74) is 2.19. The van der Waals surface area contributed by atoms with Gasteiger partial charge in [-0.25, -0.2) is 4.39 Å². The van der Waals surface area contributed by atoms with E-state index in [2.05, 4.69) is 11.4 Å². The fourth-order valence-corrected chi connectivity index (χ4v) is 3.40. The maximum absolute atomic E-state index is 13.8. The molecule has 0 bridgehead atoms. The van der Waals surface area contributed by atoms with Crippen LogP contribution in [0, 0.1) is 5.82 Å². The van der Waals surface area contributed by atoms with Crippen LogP contribution in [0.2, 0.25) is 10.0 Å². The topological polar surface area (TPSA) is 12.0 Å². The van der Waals surface area contributed by atoms with E-state index < -0.39 is 0 Å². The van der Waals surface area contributed by atoms with E-state index in [1.54, 1.807) is 12.1 Å². The van der Waals surface area contributed by atoms with Gasteiger partial charge < -0.3 is 5.32 Å². The van der Waals surface area contributed by atoms with Gasteiger partial charge in [-0.3, -0.25) is 0 Å². The predicted molar refractivity (Wildman–Crippen MR) is 85.8 cm³/mol. The average molecular weight is 324 g/mol. The Bertz CT molecular complexity index is 644. The Kier molecular flexibility index (Phi) is 4.48. The lowest BCUT2D eigenvalue weighted by Crippen LogP contribution is -2.34. The summed E-state index contributed by atoms with van der Waals surface area (Å²) in [5.74, 6) is 0.215. The van der Waals surface area contributed by atoms with E-state index in [-0.39, 0.29) is 22.7 Å². The lowest BCUT2D eigenvalue weighted by atomic mass is 9.77. The van der Waals surface area contributed by atoms with Crippen molar-refractivity contribution < 1.29 is 4.39 Å². The Morgan fingerprint density at radius 1 is 1.00 bits per heavy atom. The molecule has 4 heteroatoms. The number of rotatable bonds is 2. The number of halogens is 3. The fraction of sp³-hybridized carbons (Fsp3) is 0.294. The number of piperidine rings is 1. The Balaban J connectivity index is 1.96. The SMILES string of the molecule is Fc1cc(C2CCNCC2c2cccc(Cl)c2)ccc1Cl. The summed E-state index contributed by atoms with van der Waals surface area (Å²) in [4.78, 5) is 0. The van der Waals surface area contributed by atoms with Crippen molar-refractivity contribution in [2.24, 2.45) is 0 Å². The summed E-state index contributed by atoms with van der Waals surface area (Å²) in [6.07, 6.45) is 0.970. The van der Waals surface area contributed by atoms with Crippen molar-refractivity contribution in [3.8, 4) is 0 Å². The van der Waals surface area contributed by atoms with Crippen molar-refractivity contribution in [2.75, 3.05) is 13.1 Å². The molecular weight excluding hydrogens is 308 g/mol. The van der Waals surface area contributed by atoms with Gasteiger partial charge in [-0.2, -0.15) is 0 Å². The minimum Gasteiger partial charge on any atom is -0.316 e. The number of hydrogen-bond donors (Lipinski definition) is 1. The van der Waals surface area contributed by atoms with Crippen LogP contribution in [-0.2, 0) is 0 Å². The summed E-state index contributed by atoms with van der Waals surface area (Å²) >= 11 is 11.9. The molecule has 2 unspecified atom stereocenters. The smallest absolute Gasteiger partial charge is 0.142 e. The molecule has 1 aliphatic rings. The molecule has 0 amide bonds. The van der Waals surface area contributed by atoms with Crippen molar-refractivity contribution in [3.05, 3.63) is 69.5 Å². The second-order valence-corrected chi connectivity index (χ2v) is 6.28. The Hall–Kier alpha value is -1.09. The highest BCUT2D eigenvalue weighted by Gasteiger charge is 2.28. The molecule has 2 aromatic carbocycles. The van der Waals surface area contributed by atoms with Gasteiger partial charge >= 0.3 is 0 Å². The van der Waals surface area contributed by atoms with Crippen LogP contribution in [0.3, 0.4) is 0 Å². The second-order valence-electron chi connectivity index (χ2n) is 5.43. The zero-order chi connectivity index (χ0) is 14.8. The van der Waals surface area contributed by atoms with E-state index in [0.717, 1.165) is 30.1 Å². The molecule has 2 atom stereocenters. The molecule has 3 rings (SSSR count). The molecule has 110 valence electrons. The van der Waals surface area contributed by atoms with Crippen molar-refractivity contribution in [3.63, 3.8) is 0 Å². The first-order chi connectivity index (χ1) is 10.1. The first-order valence-electron chi connectivity index (χ1n) is 7.06. The zero-order valence-corrected chi connectivity index (χ0v) is 13.0. The van der Waals surface area contributed by atoms with Crippen LogP contribution < -0.4 is 5.32 Å². The molecule has 1 nitrogen and oxygen atoms in total. The summed E-state index contributed by atoms with van der Waals surface area (Å²) in [7, 11) is 0. The van der Waals surface area contributed by atoms with Crippen LogP contribution >= 0.6 is 23.2 Å². The van der Waals surface area contributed by atoms with Crippen LogP contribution in [0.4, 0.5) is 4.39 Å². The van der Waals surface area contributed by atoms with Crippen molar-refractivity contribution in [1.29, 1.82) is 0 Å². The van der Waals surface area contributed by atoms with Crippen molar-refractivity contribution in [1.82, 2.24) is 5.32 Å². The first kappa shape index (κ1) is 14.8. The van der Waals surface area contributed by atoms with Gasteiger partial charge in [-0.05, 0) is 54.3 Å². The van der Waals surface area contributed by atoms with Gasteiger partial charge in [0.15, 0.2) is 0 Å². The second kappa shape index (κ2) is 6.35. The maximum atomic E-state index is 13.8. The Morgan fingerprint density at radius 2 is 1.81 bits per heavy atom. The highest BCUT2D eigenvalue weighted by molar-refractivity contribution is 6.31. The first-order valence-corrected chi connectivity index (χ1v) is 7.82. The molecule has 2 aromatic rings. The van der Waals surface area contributed by atoms with Gasteiger partial charge in [-0.1, -0.05) is 41.4 Å². The third-order valence-electron chi connectivity index (χ3n) is 4.13. The van der Waals surface area contributed by atoms with Gasteiger partial charge in [0.1, 0.15) is 5.82 Å². The Morgan fingerprint density at radius 3 is 2.57 bits per heavy atom. The predicted octanol–water partition coefficient (Wildman–Crippen LogP) is 4.99. The maximum Gasteiger partial charge on any atom is 0.142 e. The lowest BCUT2D eigenvalue weighted by molar-refractivity contribution is 0.403.